The third kappa shape index (κ3) is 4.97. The predicted molar refractivity (Wildman–Crippen MR) is 95.4 cm³/mol. The number of carbonyl (C=O) groups excluding carboxylic acids is 1. The molecule has 6 heteroatoms. The van der Waals surface area contributed by atoms with Crippen molar-refractivity contribution in [2.75, 3.05) is 18.6 Å². The van der Waals surface area contributed by atoms with Crippen LogP contribution in [-0.2, 0) is 0 Å². The third-order valence-corrected chi connectivity index (χ3v) is 3.43. The number of carbonyl (C=O) groups is 1. The van der Waals surface area contributed by atoms with Crippen LogP contribution in [0.5, 0.6) is 11.5 Å². The molecule has 0 spiro atoms. The molecule has 0 bridgehead atoms. The number of hydrogen-bond acceptors (Lipinski definition) is 6. The summed E-state index contributed by atoms with van der Waals surface area (Å²) in [4.78, 5) is 10.7. The summed E-state index contributed by atoms with van der Waals surface area (Å²) in [5.41, 5.74) is 5.36. The molecule has 0 fully saturated rings. The van der Waals surface area contributed by atoms with Crippen molar-refractivity contribution in [1.29, 1.82) is 0 Å². The van der Waals surface area contributed by atoms with E-state index >= 15 is 0 Å². The van der Waals surface area contributed by atoms with Gasteiger partial charge in [0.25, 0.3) is 0 Å². The zero-order valence-electron chi connectivity index (χ0n) is 14.5. The Bertz CT molecular complexity index is 755. The first-order valence-electron chi connectivity index (χ1n) is 8.06. The van der Waals surface area contributed by atoms with Crippen LogP contribution in [0.15, 0.2) is 47.6 Å². The van der Waals surface area contributed by atoms with Crippen molar-refractivity contribution in [1.82, 2.24) is 0 Å². The van der Waals surface area contributed by atoms with E-state index in [9.17, 15) is 9.90 Å². The number of benzene rings is 2. The van der Waals surface area contributed by atoms with Gasteiger partial charge in [0.15, 0.2) is 11.5 Å². The lowest BCUT2D eigenvalue weighted by atomic mass is 10.1. The van der Waals surface area contributed by atoms with Gasteiger partial charge in [0.1, 0.15) is 0 Å². The molecule has 132 valence electrons. The Morgan fingerprint density at radius 3 is 2.20 bits per heavy atom. The summed E-state index contributed by atoms with van der Waals surface area (Å²) in [5.74, 6) is 0.172. The maximum Gasteiger partial charge on any atom is 0.161 e. The molecule has 0 atom stereocenters. The average Bonchev–Trinajstić information content (AvgIpc) is 2.62. The first-order chi connectivity index (χ1) is 12.0. The molecule has 2 aromatic rings. The van der Waals surface area contributed by atoms with Gasteiger partial charge in [-0.15, -0.1) is 0 Å². The molecule has 25 heavy (non-hydrogen) atoms. The van der Waals surface area contributed by atoms with Crippen LogP contribution in [-0.4, -0.2) is 24.9 Å². The molecular formula is C19H21N2O4-. The lowest BCUT2D eigenvalue weighted by Crippen LogP contribution is -2.21. The number of rotatable bonds is 8. The van der Waals surface area contributed by atoms with Gasteiger partial charge in [-0.05, 0) is 56.7 Å². The number of nitrogens with one attached hydrogen (secondary N) is 1. The summed E-state index contributed by atoms with van der Waals surface area (Å²) in [7, 11) is 0. The highest BCUT2D eigenvalue weighted by molar-refractivity contribution is 5.99. The topological polar surface area (TPSA) is 83.0 Å². The van der Waals surface area contributed by atoms with Gasteiger partial charge in [-0.1, -0.05) is 12.1 Å². The fourth-order valence-electron chi connectivity index (χ4n) is 2.17. The third-order valence-electron chi connectivity index (χ3n) is 3.43. The summed E-state index contributed by atoms with van der Waals surface area (Å²) in [6, 6.07) is 11.8. The molecule has 0 aliphatic heterocycles. The van der Waals surface area contributed by atoms with Crippen LogP contribution in [0.2, 0.25) is 0 Å². The van der Waals surface area contributed by atoms with Gasteiger partial charge in [0, 0.05) is 5.56 Å². The maximum atomic E-state index is 10.7. The number of anilines is 1. The van der Waals surface area contributed by atoms with Gasteiger partial charge < -0.3 is 19.4 Å². The van der Waals surface area contributed by atoms with Crippen LogP contribution in [0.4, 0.5) is 5.69 Å². The molecule has 0 heterocycles. The van der Waals surface area contributed by atoms with Crippen molar-refractivity contribution >= 4 is 17.4 Å². The van der Waals surface area contributed by atoms with Crippen LogP contribution in [0.3, 0.4) is 0 Å². The normalized spacial score (nSPS) is 11.1. The van der Waals surface area contributed by atoms with Gasteiger partial charge in [-0.25, -0.2) is 0 Å². The molecule has 6 nitrogen and oxygen atoms in total. The van der Waals surface area contributed by atoms with Crippen molar-refractivity contribution in [3.05, 3.63) is 53.6 Å². The molecular weight excluding hydrogens is 320 g/mol. The largest absolute Gasteiger partial charge is 0.545 e. The van der Waals surface area contributed by atoms with Crippen molar-refractivity contribution in [2.24, 2.45) is 5.10 Å². The molecule has 2 rings (SSSR count). The molecule has 0 aromatic heterocycles. The molecule has 0 saturated heterocycles. The fourth-order valence-corrected chi connectivity index (χ4v) is 2.17. The summed E-state index contributed by atoms with van der Waals surface area (Å²) in [5, 5.41) is 15.1. The van der Waals surface area contributed by atoms with Gasteiger partial charge in [0.05, 0.1) is 30.6 Å². The van der Waals surface area contributed by atoms with E-state index in [0.29, 0.717) is 30.4 Å². The summed E-state index contributed by atoms with van der Waals surface area (Å²) < 4.78 is 11.2. The number of nitrogens with zero attached hydrogens (tertiary/aromatic N) is 1. The molecule has 0 aliphatic carbocycles. The van der Waals surface area contributed by atoms with Crippen LogP contribution in [0, 0.1) is 0 Å². The molecule has 2 aromatic carbocycles. The number of aromatic carboxylic acids is 1. The number of carboxylic acid groups (broad SMARTS) is 1. The molecule has 0 radical (unpaired) electrons. The number of carboxylic acids is 1. The smallest absolute Gasteiger partial charge is 0.161 e. The molecule has 1 N–H and O–H groups in total. The predicted octanol–water partition coefficient (Wildman–Crippen LogP) is 2.68. The van der Waals surface area contributed by atoms with E-state index in [1.54, 1.807) is 12.1 Å². The summed E-state index contributed by atoms with van der Waals surface area (Å²) in [6.45, 7) is 6.82. The second-order valence-corrected chi connectivity index (χ2v) is 5.20. The molecule has 0 amide bonds. The van der Waals surface area contributed by atoms with Crippen molar-refractivity contribution < 1.29 is 19.4 Å². The number of hydrogen-bond donors (Lipinski definition) is 1. The first-order valence-corrected chi connectivity index (χ1v) is 8.06. The van der Waals surface area contributed by atoms with E-state index < -0.39 is 5.97 Å². The van der Waals surface area contributed by atoms with Gasteiger partial charge in [-0.3, -0.25) is 5.43 Å². The van der Waals surface area contributed by atoms with E-state index in [2.05, 4.69) is 10.5 Å². The number of ether oxygens (including phenoxy) is 2. The van der Waals surface area contributed by atoms with Crippen molar-refractivity contribution in [3.63, 3.8) is 0 Å². The van der Waals surface area contributed by atoms with Crippen molar-refractivity contribution in [2.45, 2.75) is 20.8 Å². The fraction of sp³-hybridized carbons (Fsp3) is 0.263. The van der Waals surface area contributed by atoms with E-state index in [1.165, 1.54) is 12.1 Å². The zero-order chi connectivity index (χ0) is 18.2. The maximum absolute atomic E-state index is 10.7. The summed E-state index contributed by atoms with van der Waals surface area (Å²) in [6.07, 6.45) is 0. The molecule has 0 aliphatic rings. The Morgan fingerprint density at radius 2 is 1.60 bits per heavy atom. The number of hydrazone groups is 1. The minimum atomic E-state index is -1.20. The molecule has 0 unspecified atom stereocenters. The van der Waals surface area contributed by atoms with E-state index in [-0.39, 0.29) is 5.56 Å². The Labute approximate surface area is 147 Å². The lowest BCUT2D eigenvalue weighted by molar-refractivity contribution is -0.255. The van der Waals surface area contributed by atoms with Gasteiger partial charge >= 0.3 is 0 Å². The highest BCUT2D eigenvalue weighted by Gasteiger charge is 2.08. The zero-order valence-corrected chi connectivity index (χ0v) is 14.5. The van der Waals surface area contributed by atoms with Crippen LogP contribution in [0.25, 0.3) is 0 Å². The van der Waals surface area contributed by atoms with E-state index in [1.807, 2.05) is 39.0 Å². The standard InChI is InChI=1S/C19H22N2O4/c1-4-24-17-11-8-15(12-18(17)25-5-2)13(3)20-21-16-9-6-14(7-10-16)19(22)23/h6-12,21H,4-5H2,1-3H3,(H,22,23)/p-1/b20-13-. The van der Waals surface area contributed by atoms with E-state index in [0.717, 1.165) is 11.3 Å². The Balaban J connectivity index is 2.15. The second kappa shape index (κ2) is 8.73. The lowest BCUT2D eigenvalue weighted by Gasteiger charge is -2.12. The van der Waals surface area contributed by atoms with E-state index in [4.69, 9.17) is 9.47 Å². The molecule has 0 saturated carbocycles. The second-order valence-electron chi connectivity index (χ2n) is 5.20. The SMILES string of the molecule is CCOc1ccc(/C(C)=N\Nc2ccc(C(=O)[O-])cc2)cc1OCC. The highest BCUT2D eigenvalue weighted by atomic mass is 16.5. The van der Waals surface area contributed by atoms with Gasteiger partial charge in [0.2, 0.25) is 0 Å². The Morgan fingerprint density at radius 1 is 1.00 bits per heavy atom. The van der Waals surface area contributed by atoms with Crippen molar-refractivity contribution in [3.8, 4) is 11.5 Å². The minimum absolute atomic E-state index is 0.124. The monoisotopic (exact) mass is 341 g/mol. The van der Waals surface area contributed by atoms with Crippen LogP contribution < -0.4 is 20.0 Å². The quantitative estimate of drug-likeness (QED) is 0.589. The van der Waals surface area contributed by atoms with Gasteiger partial charge in [-0.2, -0.15) is 5.10 Å². The average molecular weight is 341 g/mol. The minimum Gasteiger partial charge on any atom is -0.545 e. The first kappa shape index (κ1) is 18.3. The highest BCUT2D eigenvalue weighted by Crippen LogP contribution is 2.28. The van der Waals surface area contributed by atoms with Crippen LogP contribution >= 0.6 is 0 Å². The summed E-state index contributed by atoms with van der Waals surface area (Å²) >= 11 is 0. The Hall–Kier alpha value is -3.02. The van der Waals surface area contributed by atoms with Crippen LogP contribution in [0.1, 0.15) is 36.7 Å². The Kier molecular flexibility index (Phi) is 6.39.